The van der Waals surface area contributed by atoms with Crippen LogP contribution < -0.4 is 9.64 Å². The van der Waals surface area contributed by atoms with Gasteiger partial charge in [0.1, 0.15) is 30.8 Å². The van der Waals surface area contributed by atoms with Crippen LogP contribution in [0.4, 0.5) is 19.4 Å². The first-order valence-electron chi connectivity index (χ1n) is 24.3. The number of aryl methyl sites for hydroxylation is 1. The molecule has 0 spiro atoms. The van der Waals surface area contributed by atoms with Gasteiger partial charge in [-0.05, 0) is 116 Å². The predicted molar refractivity (Wildman–Crippen MR) is 265 cm³/mol. The highest BCUT2D eigenvalue weighted by atomic mass is 28.3. The summed E-state index contributed by atoms with van der Waals surface area (Å²) in [5.74, 6) is 2.58. The number of nitrogens with zero attached hydrogens (tertiary/aromatic N) is 5. The molecule has 66 heavy (non-hydrogen) atoms. The number of amides is 1. The molecule has 0 radical (unpaired) electrons. The topological polar surface area (TPSA) is 71.0 Å². The van der Waals surface area contributed by atoms with Crippen LogP contribution in [0.3, 0.4) is 0 Å². The van der Waals surface area contributed by atoms with E-state index in [4.69, 9.17) is 19.4 Å². The third-order valence-corrected chi connectivity index (χ3v) is 21.4. The van der Waals surface area contributed by atoms with E-state index < -0.39 is 25.3 Å². The molecule has 1 saturated carbocycles. The molecular weight excluding hydrogens is 845 g/mol. The van der Waals surface area contributed by atoms with Gasteiger partial charge in [0.2, 0.25) is 0 Å². The number of carbonyl (C=O) groups excluding carboxylic acids is 1. The first kappa shape index (κ1) is 46.1. The number of fused-ring (bicyclic) bond motifs is 5. The SMILES string of the molecule is Cc1cc(-c2c(F)cc3c(N4CC5CCC(C4)N5C(=O)OC(C)(C)C)nc(OCC4(CN5CCc6ccccc6C5)CC4)nc3c2F)c2c(C#C[Si](C(C)C)(C(C)C)C(C)C)cccc2c1. The van der Waals surface area contributed by atoms with Crippen LogP contribution in [0.25, 0.3) is 32.8 Å². The summed E-state index contributed by atoms with van der Waals surface area (Å²) in [5, 5.41) is 1.88. The quantitative estimate of drug-likeness (QED) is 0.102. The third kappa shape index (κ3) is 8.69. The van der Waals surface area contributed by atoms with E-state index in [-0.39, 0.29) is 46.1 Å². The van der Waals surface area contributed by atoms with Gasteiger partial charge < -0.3 is 14.4 Å². The lowest BCUT2D eigenvalue weighted by Gasteiger charge is -2.42. The molecule has 3 fully saturated rings. The normalized spacial score (nSPS) is 19.4. The van der Waals surface area contributed by atoms with Gasteiger partial charge in [0.05, 0.1) is 24.3 Å². The molecule has 3 aliphatic heterocycles. The average molecular weight is 912 g/mol. The Morgan fingerprint density at radius 3 is 2.24 bits per heavy atom. The highest BCUT2D eigenvalue weighted by Crippen LogP contribution is 2.48. The Morgan fingerprint density at radius 2 is 1.59 bits per heavy atom. The van der Waals surface area contributed by atoms with E-state index in [0.29, 0.717) is 47.7 Å². The van der Waals surface area contributed by atoms with Crippen LogP contribution in [-0.2, 0) is 17.7 Å². The van der Waals surface area contributed by atoms with Crippen LogP contribution in [0.1, 0.15) is 110 Å². The van der Waals surface area contributed by atoms with E-state index in [0.717, 1.165) is 73.6 Å². The van der Waals surface area contributed by atoms with Gasteiger partial charge in [-0.2, -0.15) is 9.97 Å². The number of anilines is 1. The highest BCUT2D eigenvalue weighted by molar-refractivity contribution is 6.90. The number of piperazine rings is 1. The van der Waals surface area contributed by atoms with E-state index in [1.807, 2.05) is 56.9 Å². The van der Waals surface area contributed by atoms with E-state index in [2.05, 4.69) is 93.1 Å². The third-order valence-electron chi connectivity index (χ3n) is 15.1. The van der Waals surface area contributed by atoms with Crippen LogP contribution >= 0.6 is 0 Å². The molecule has 1 amide bonds. The molecule has 11 heteroatoms. The molecule has 348 valence electrons. The minimum absolute atomic E-state index is 0.00914. The standard InChI is InChI=1S/C55H67F2N5O3Si/c1-34(2)66(35(3)4,36(5)6)25-21-39-16-13-17-40-26-37(7)27-44(47(39)40)48-46(56)28-45-50(49(48)57)58-52(64-33-55(22-23-55)32-60-24-20-38-14-11-12-15-41(38)29-60)59-51(45)61-30-42-18-19-43(31-61)62(42)53(63)65-54(8,9)10/h11-17,26-28,34-36,42-43H,18-20,22-24,29-33H2,1-10H3. The van der Waals surface area contributed by atoms with Gasteiger partial charge in [-0.15, -0.1) is 5.54 Å². The molecule has 0 N–H and O–H groups in total. The van der Waals surface area contributed by atoms with Gasteiger partial charge in [-0.3, -0.25) is 9.80 Å². The average Bonchev–Trinajstić information content (AvgIpc) is 3.96. The maximum Gasteiger partial charge on any atom is 0.410 e. The Balaban J connectivity index is 1.13. The second-order valence-corrected chi connectivity index (χ2v) is 27.4. The van der Waals surface area contributed by atoms with Crippen molar-refractivity contribution in [2.75, 3.05) is 37.7 Å². The fourth-order valence-electron chi connectivity index (χ4n) is 11.8. The van der Waals surface area contributed by atoms with Crippen molar-refractivity contribution >= 4 is 41.7 Å². The first-order valence-corrected chi connectivity index (χ1v) is 26.5. The van der Waals surface area contributed by atoms with Crippen molar-refractivity contribution < 1.29 is 23.0 Å². The van der Waals surface area contributed by atoms with Crippen molar-refractivity contribution in [3.05, 3.63) is 94.6 Å². The summed E-state index contributed by atoms with van der Waals surface area (Å²) in [7, 11) is -2.14. The van der Waals surface area contributed by atoms with Crippen molar-refractivity contribution in [2.45, 2.75) is 142 Å². The van der Waals surface area contributed by atoms with E-state index in [1.54, 1.807) is 0 Å². The summed E-state index contributed by atoms with van der Waals surface area (Å²) in [4.78, 5) is 29.8. The predicted octanol–water partition coefficient (Wildman–Crippen LogP) is 12.4. The second-order valence-electron chi connectivity index (χ2n) is 21.8. The lowest BCUT2D eigenvalue weighted by Crippen LogP contribution is -2.57. The summed E-state index contributed by atoms with van der Waals surface area (Å²) >= 11 is 0. The largest absolute Gasteiger partial charge is 0.463 e. The van der Waals surface area contributed by atoms with Crippen molar-refractivity contribution in [1.29, 1.82) is 0 Å². The molecule has 2 atom stereocenters. The maximum absolute atomic E-state index is 17.9. The smallest absolute Gasteiger partial charge is 0.410 e. The molecule has 4 aliphatic rings. The zero-order valence-corrected chi connectivity index (χ0v) is 41.7. The monoisotopic (exact) mass is 911 g/mol. The van der Waals surface area contributed by atoms with E-state index >= 15 is 8.78 Å². The minimum Gasteiger partial charge on any atom is -0.463 e. The Kier molecular flexibility index (Phi) is 12.3. The Hall–Kier alpha value is -5.05. The fourth-order valence-corrected chi connectivity index (χ4v) is 17.0. The van der Waals surface area contributed by atoms with Gasteiger partial charge in [-0.1, -0.05) is 96.0 Å². The molecule has 4 heterocycles. The number of carbonyl (C=O) groups is 1. The molecule has 2 unspecified atom stereocenters. The van der Waals surface area contributed by atoms with Crippen LogP contribution in [0.2, 0.25) is 16.6 Å². The fraction of sp³-hybridized carbons (Fsp3) is 0.509. The lowest BCUT2D eigenvalue weighted by molar-refractivity contribution is 0.0122. The molecule has 2 bridgehead atoms. The van der Waals surface area contributed by atoms with Crippen LogP contribution in [0.5, 0.6) is 6.01 Å². The zero-order chi connectivity index (χ0) is 46.9. The van der Waals surface area contributed by atoms with Crippen molar-refractivity contribution in [3.63, 3.8) is 0 Å². The Labute approximate surface area is 391 Å². The molecule has 2 saturated heterocycles. The number of ether oxygens (including phenoxy) is 2. The highest BCUT2D eigenvalue weighted by Gasteiger charge is 2.47. The Morgan fingerprint density at radius 1 is 0.909 bits per heavy atom. The lowest BCUT2D eigenvalue weighted by atomic mass is 9.91. The van der Waals surface area contributed by atoms with E-state index in [1.165, 1.54) is 17.2 Å². The second kappa shape index (κ2) is 17.5. The summed E-state index contributed by atoms with van der Waals surface area (Å²) in [6.07, 6.45) is 4.32. The summed E-state index contributed by atoms with van der Waals surface area (Å²) in [6, 6.07) is 19.8. The molecule has 8 nitrogen and oxygen atoms in total. The van der Waals surface area contributed by atoms with Gasteiger partial charge in [-0.25, -0.2) is 13.6 Å². The molecule has 5 aromatic rings. The van der Waals surface area contributed by atoms with Crippen LogP contribution in [0, 0.1) is 35.4 Å². The number of rotatable bonds is 10. The number of hydrogen-bond acceptors (Lipinski definition) is 7. The van der Waals surface area contributed by atoms with Gasteiger partial charge in [0.25, 0.3) is 0 Å². The number of hydrogen-bond donors (Lipinski definition) is 0. The van der Waals surface area contributed by atoms with Crippen molar-refractivity contribution in [2.24, 2.45) is 5.41 Å². The summed E-state index contributed by atoms with van der Waals surface area (Å²) < 4.78 is 47.6. The van der Waals surface area contributed by atoms with Gasteiger partial charge in [0.15, 0.2) is 5.82 Å². The molecule has 4 aromatic carbocycles. The van der Waals surface area contributed by atoms with Crippen LogP contribution in [0.15, 0.2) is 60.7 Å². The number of aromatic nitrogens is 2. The van der Waals surface area contributed by atoms with Crippen molar-refractivity contribution in [1.82, 2.24) is 19.8 Å². The van der Waals surface area contributed by atoms with Gasteiger partial charge >= 0.3 is 12.1 Å². The number of benzene rings is 4. The van der Waals surface area contributed by atoms with Crippen LogP contribution in [-0.4, -0.2) is 84.4 Å². The zero-order valence-electron chi connectivity index (χ0n) is 40.7. The maximum atomic E-state index is 17.9. The van der Waals surface area contributed by atoms with Gasteiger partial charge in [0, 0.05) is 54.5 Å². The molecule has 1 aliphatic carbocycles. The molecular formula is C55H67F2N5O3Si. The van der Waals surface area contributed by atoms with Crippen molar-refractivity contribution in [3.8, 4) is 28.6 Å². The Bertz CT molecular complexity index is 2720. The number of halogens is 2. The first-order chi connectivity index (χ1) is 31.4. The summed E-state index contributed by atoms with van der Waals surface area (Å²) in [6.45, 7) is 25.4. The minimum atomic E-state index is -2.14. The molecule has 9 rings (SSSR count). The van der Waals surface area contributed by atoms with E-state index in [9.17, 15) is 4.79 Å². The molecule has 1 aromatic heterocycles. The summed E-state index contributed by atoms with van der Waals surface area (Å²) in [5.41, 5.74) is 9.20.